The summed E-state index contributed by atoms with van der Waals surface area (Å²) in [6.07, 6.45) is 2.35. The molecule has 76 valence electrons. The molecule has 1 unspecified atom stereocenters. The molecule has 0 bridgehead atoms. The summed E-state index contributed by atoms with van der Waals surface area (Å²) >= 11 is 0. The molecule has 1 aliphatic carbocycles. The maximum absolute atomic E-state index is 7.90. The Bertz CT molecular complexity index is 209. The summed E-state index contributed by atoms with van der Waals surface area (Å²) in [5.41, 5.74) is 0.414. The molecule has 1 saturated carbocycles. The molecular weight excluding hydrogens is 160 g/mol. The van der Waals surface area contributed by atoms with Gasteiger partial charge in [-0.15, -0.1) is 0 Å². The predicted molar refractivity (Wildman–Crippen MR) is 57.1 cm³/mol. The first-order valence-electron chi connectivity index (χ1n) is 5.11. The van der Waals surface area contributed by atoms with E-state index in [-0.39, 0.29) is 10.8 Å². The van der Waals surface area contributed by atoms with Crippen LogP contribution in [0.15, 0.2) is 0 Å². The van der Waals surface area contributed by atoms with Crippen LogP contribution in [0.1, 0.15) is 47.5 Å². The summed E-state index contributed by atoms with van der Waals surface area (Å²) in [5, 5.41) is 11.2. The largest absolute Gasteiger partial charge is 0.371 e. The molecule has 1 rings (SSSR count). The van der Waals surface area contributed by atoms with Crippen LogP contribution >= 0.6 is 0 Å². The van der Waals surface area contributed by atoms with E-state index in [4.69, 9.17) is 5.41 Å². The van der Waals surface area contributed by atoms with Crippen molar-refractivity contribution in [2.75, 3.05) is 0 Å². The maximum Gasteiger partial charge on any atom is 0.0994 e. The van der Waals surface area contributed by atoms with Crippen molar-refractivity contribution in [3.05, 3.63) is 0 Å². The van der Waals surface area contributed by atoms with Crippen LogP contribution in [-0.4, -0.2) is 11.9 Å². The third kappa shape index (κ3) is 2.45. The quantitative estimate of drug-likeness (QED) is 0.500. The van der Waals surface area contributed by atoms with E-state index >= 15 is 0 Å². The minimum atomic E-state index is 0.180. The van der Waals surface area contributed by atoms with Crippen LogP contribution in [0.2, 0.25) is 0 Å². The van der Waals surface area contributed by atoms with Crippen LogP contribution in [0.5, 0.6) is 0 Å². The highest BCUT2D eigenvalue weighted by Crippen LogP contribution is 2.45. The zero-order chi connectivity index (χ0) is 10.3. The molecule has 1 atom stereocenters. The van der Waals surface area contributed by atoms with E-state index in [9.17, 15) is 0 Å². The zero-order valence-electron chi connectivity index (χ0n) is 9.49. The van der Waals surface area contributed by atoms with E-state index in [0.717, 1.165) is 5.84 Å². The van der Waals surface area contributed by atoms with Crippen LogP contribution in [-0.2, 0) is 0 Å². The van der Waals surface area contributed by atoms with Gasteiger partial charge in [0.05, 0.1) is 5.84 Å². The van der Waals surface area contributed by atoms with Gasteiger partial charge in [0.25, 0.3) is 0 Å². The first kappa shape index (κ1) is 10.6. The lowest BCUT2D eigenvalue weighted by Crippen LogP contribution is -2.43. The van der Waals surface area contributed by atoms with Crippen LogP contribution in [0.25, 0.3) is 0 Å². The summed E-state index contributed by atoms with van der Waals surface area (Å²) in [6, 6.07) is 0.373. The average Bonchev–Trinajstić information content (AvgIpc) is 2.67. The Morgan fingerprint density at radius 2 is 1.85 bits per heavy atom. The van der Waals surface area contributed by atoms with E-state index in [1.807, 2.05) is 0 Å². The number of amidine groups is 1. The minimum absolute atomic E-state index is 0.180. The van der Waals surface area contributed by atoms with Crippen LogP contribution in [0.4, 0.5) is 0 Å². The summed E-state index contributed by atoms with van der Waals surface area (Å²) in [5.74, 6) is 0.731. The molecular formula is C11H22N2. The van der Waals surface area contributed by atoms with E-state index in [1.165, 1.54) is 12.8 Å². The number of hydrogen-bond donors (Lipinski definition) is 2. The number of rotatable bonds is 2. The Morgan fingerprint density at radius 3 is 2.15 bits per heavy atom. The lowest BCUT2D eigenvalue weighted by molar-refractivity contribution is 0.312. The van der Waals surface area contributed by atoms with Gasteiger partial charge in [-0.1, -0.05) is 27.7 Å². The molecule has 1 fully saturated rings. The second-order valence-corrected chi connectivity index (χ2v) is 5.67. The molecule has 0 aromatic rings. The second-order valence-electron chi connectivity index (χ2n) is 5.67. The Hall–Kier alpha value is -0.530. The van der Waals surface area contributed by atoms with Gasteiger partial charge in [-0.05, 0) is 25.2 Å². The molecule has 13 heavy (non-hydrogen) atoms. The standard InChI is InChI=1S/C11H22N2/c1-8(10(2,3)4)13-9(12)11(5)6-7-11/h8H,6-7H2,1-5H3,(H2,12,13). The average molecular weight is 182 g/mol. The van der Waals surface area contributed by atoms with Gasteiger partial charge in [0.2, 0.25) is 0 Å². The van der Waals surface area contributed by atoms with Crippen molar-refractivity contribution in [2.24, 2.45) is 10.8 Å². The molecule has 0 aromatic carbocycles. The van der Waals surface area contributed by atoms with E-state index in [0.29, 0.717) is 6.04 Å². The van der Waals surface area contributed by atoms with E-state index in [1.54, 1.807) is 0 Å². The Kier molecular flexibility index (Phi) is 2.44. The molecule has 0 saturated heterocycles. The summed E-state index contributed by atoms with van der Waals surface area (Å²) in [6.45, 7) is 10.9. The monoisotopic (exact) mass is 182 g/mol. The summed E-state index contributed by atoms with van der Waals surface area (Å²) in [4.78, 5) is 0. The number of nitrogens with one attached hydrogen (secondary N) is 2. The van der Waals surface area contributed by atoms with Crippen molar-refractivity contribution < 1.29 is 0 Å². The zero-order valence-corrected chi connectivity index (χ0v) is 9.49. The Morgan fingerprint density at radius 1 is 1.38 bits per heavy atom. The van der Waals surface area contributed by atoms with Crippen molar-refractivity contribution in [3.63, 3.8) is 0 Å². The molecule has 0 amide bonds. The van der Waals surface area contributed by atoms with Crippen LogP contribution in [0, 0.1) is 16.2 Å². The molecule has 0 aliphatic heterocycles. The molecule has 0 spiro atoms. The topological polar surface area (TPSA) is 35.9 Å². The molecule has 2 nitrogen and oxygen atoms in total. The van der Waals surface area contributed by atoms with Gasteiger partial charge in [-0.3, -0.25) is 5.41 Å². The summed E-state index contributed by atoms with van der Waals surface area (Å²) in [7, 11) is 0. The van der Waals surface area contributed by atoms with Gasteiger partial charge in [0.15, 0.2) is 0 Å². The fourth-order valence-corrected chi connectivity index (χ4v) is 1.04. The van der Waals surface area contributed by atoms with E-state index < -0.39 is 0 Å². The predicted octanol–water partition coefficient (Wildman–Crippen LogP) is 2.79. The lowest BCUT2D eigenvalue weighted by Gasteiger charge is -2.30. The molecule has 0 radical (unpaired) electrons. The second kappa shape index (κ2) is 3.00. The first-order valence-corrected chi connectivity index (χ1v) is 5.11. The van der Waals surface area contributed by atoms with Gasteiger partial charge < -0.3 is 5.32 Å². The third-order valence-electron chi connectivity index (χ3n) is 3.26. The van der Waals surface area contributed by atoms with Crippen LogP contribution in [0.3, 0.4) is 0 Å². The highest BCUT2D eigenvalue weighted by molar-refractivity contribution is 5.87. The van der Waals surface area contributed by atoms with Gasteiger partial charge in [0.1, 0.15) is 0 Å². The van der Waals surface area contributed by atoms with Crippen molar-refractivity contribution in [1.82, 2.24) is 5.32 Å². The summed E-state index contributed by atoms with van der Waals surface area (Å²) < 4.78 is 0. The SMILES string of the molecule is CC(NC(=N)C1(C)CC1)C(C)(C)C. The highest BCUT2D eigenvalue weighted by atomic mass is 15.0. The number of hydrogen-bond acceptors (Lipinski definition) is 1. The van der Waals surface area contributed by atoms with Crippen molar-refractivity contribution in [2.45, 2.75) is 53.5 Å². The first-order chi connectivity index (χ1) is 5.76. The molecule has 0 heterocycles. The van der Waals surface area contributed by atoms with Gasteiger partial charge >= 0.3 is 0 Å². The van der Waals surface area contributed by atoms with Gasteiger partial charge in [-0.2, -0.15) is 0 Å². The molecule has 2 heteroatoms. The third-order valence-corrected chi connectivity index (χ3v) is 3.26. The van der Waals surface area contributed by atoms with Gasteiger partial charge in [0, 0.05) is 11.5 Å². The fraction of sp³-hybridized carbons (Fsp3) is 0.909. The lowest BCUT2D eigenvalue weighted by atomic mass is 9.87. The van der Waals surface area contributed by atoms with Crippen molar-refractivity contribution >= 4 is 5.84 Å². The normalized spacial score (nSPS) is 22.2. The maximum atomic E-state index is 7.90. The van der Waals surface area contributed by atoms with Crippen molar-refractivity contribution in [1.29, 1.82) is 5.41 Å². The molecule has 0 aromatic heterocycles. The molecule has 1 aliphatic rings. The molecule has 2 N–H and O–H groups in total. The van der Waals surface area contributed by atoms with Crippen molar-refractivity contribution in [3.8, 4) is 0 Å². The Balaban J connectivity index is 2.45. The van der Waals surface area contributed by atoms with E-state index in [2.05, 4.69) is 39.9 Å². The minimum Gasteiger partial charge on any atom is -0.371 e. The highest BCUT2D eigenvalue weighted by Gasteiger charge is 2.42. The van der Waals surface area contributed by atoms with Gasteiger partial charge in [-0.25, -0.2) is 0 Å². The Labute approximate surface area is 81.6 Å². The fourth-order valence-electron chi connectivity index (χ4n) is 1.04. The van der Waals surface area contributed by atoms with Crippen LogP contribution < -0.4 is 5.32 Å². The smallest absolute Gasteiger partial charge is 0.0994 e.